The van der Waals surface area contributed by atoms with E-state index >= 15 is 0 Å². The van der Waals surface area contributed by atoms with Gasteiger partial charge in [-0.15, -0.1) is 0 Å². The Bertz CT molecular complexity index is 642. The maximum Gasteiger partial charge on any atom is 0.336 e. The first-order chi connectivity index (χ1) is 11.2. The van der Waals surface area contributed by atoms with E-state index in [0.29, 0.717) is 12.2 Å². The molecule has 2 aromatic rings. The molecule has 0 spiro atoms. The lowest BCUT2D eigenvalue weighted by Gasteiger charge is -2.06. The molecule has 0 atom stereocenters. The van der Waals surface area contributed by atoms with E-state index in [4.69, 9.17) is 4.74 Å². The maximum absolute atomic E-state index is 11.5. The Morgan fingerprint density at radius 2 is 1.74 bits per heavy atom. The molecule has 0 aliphatic rings. The van der Waals surface area contributed by atoms with E-state index in [0.717, 1.165) is 17.7 Å². The first-order valence-corrected chi connectivity index (χ1v) is 7.94. The van der Waals surface area contributed by atoms with Crippen LogP contribution in [0.4, 0.5) is 0 Å². The van der Waals surface area contributed by atoms with Gasteiger partial charge in [0, 0.05) is 0 Å². The fourth-order valence-corrected chi connectivity index (χ4v) is 2.26. The smallest absolute Gasteiger partial charge is 0.336 e. The second kappa shape index (κ2) is 8.79. The van der Waals surface area contributed by atoms with Crippen molar-refractivity contribution >= 4 is 17.6 Å². The highest BCUT2D eigenvalue weighted by Gasteiger charge is 2.09. The van der Waals surface area contributed by atoms with Crippen LogP contribution in [0, 0.1) is 0 Å². The molecule has 2 rings (SSSR count). The van der Waals surface area contributed by atoms with Crippen molar-refractivity contribution in [3.8, 4) is 5.75 Å². The van der Waals surface area contributed by atoms with E-state index in [1.807, 2.05) is 42.5 Å². The monoisotopic (exact) mass is 310 g/mol. The van der Waals surface area contributed by atoms with Crippen LogP contribution in [-0.4, -0.2) is 17.7 Å². The third-order valence-corrected chi connectivity index (χ3v) is 3.52. The molecule has 0 saturated carbocycles. The van der Waals surface area contributed by atoms with Crippen LogP contribution < -0.4 is 4.74 Å². The number of unbranched alkanes of at least 4 members (excludes halogenated alkanes) is 2. The second-order valence-electron chi connectivity index (χ2n) is 5.35. The second-order valence-corrected chi connectivity index (χ2v) is 5.35. The predicted molar refractivity (Wildman–Crippen MR) is 93.4 cm³/mol. The van der Waals surface area contributed by atoms with Gasteiger partial charge in [-0.1, -0.05) is 62.2 Å². The lowest BCUT2D eigenvalue weighted by molar-refractivity contribution is -0.130. The average molecular weight is 310 g/mol. The Hall–Kier alpha value is -2.55. The highest BCUT2D eigenvalue weighted by Crippen LogP contribution is 2.20. The Morgan fingerprint density at radius 1 is 1.04 bits per heavy atom. The van der Waals surface area contributed by atoms with Crippen LogP contribution in [0.15, 0.2) is 54.6 Å². The average Bonchev–Trinajstić information content (AvgIpc) is 2.58. The van der Waals surface area contributed by atoms with Gasteiger partial charge in [-0.25, -0.2) is 4.79 Å². The number of hydrogen-bond acceptors (Lipinski definition) is 2. The molecule has 0 aromatic heterocycles. The Labute approximate surface area is 137 Å². The minimum Gasteiger partial charge on any atom is -0.494 e. The number of aliphatic carboxylic acids is 1. The van der Waals surface area contributed by atoms with E-state index < -0.39 is 5.97 Å². The predicted octanol–water partition coefficient (Wildman–Crippen LogP) is 4.88. The van der Waals surface area contributed by atoms with Crippen molar-refractivity contribution in [3.05, 3.63) is 65.7 Å². The van der Waals surface area contributed by atoms with Gasteiger partial charge in [-0.2, -0.15) is 0 Å². The van der Waals surface area contributed by atoms with Crippen LogP contribution in [0.1, 0.15) is 37.3 Å². The molecule has 0 amide bonds. The van der Waals surface area contributed by atoms with Crippen LogP contribution >= 0.6 is 0 Å². The van der Waals surface area contributed by atoms with Gasteiger partial charge in [-0.3, -0.25) is 0 Å². The number of benzene rings is 2. The van der Waals surface area contributed by atoms with Crippen molar-refractivity contribution in [2.45, 2.75) is 26.2 Å². The van der Waals surface area contributed by atoms with Crippen LogP contribution in [0.25, 0.3) is 11.6 Å². The molecule has 0 heterocycles. The highest BCUT2D eigenvalue weighted by atomic mass is 16.5. The summed E-state index contributed by atoms with van der Waals surface area (Å²) >= 11 is 0. The Morgan fingerprint density at radius 3 is 2.35 bits per heavy atom. The van der Waals surface area contributed by atoms with Crippen LogP contribution in [0.3, 0.4) is 0 Å². The van der Waals surface area contributed by atoms with E-state index in [1.165, 1.54) is 12.8 Å². The van der Waals surface area contributed by atoms with Crippen LogP contribution in [0.2, 0.25) is 0 Å². The number of carbonyl (C=O) groups is 1. The molecule has 0 bridgehead atoms. The third kappa shape index (κ3) is 5.29. The summed E-state index contributed by atoms with van der Waals surface area (Å²) < 4.78 is 5.66. The molecule has 1 N–H and O–H groups in total. The Balaban J connectivity index is 2.09. The number of hydrogen-bond donors (Lipinski definition) is 1. The first-order valence-electron chi connectivity index (χ1n) is 7.94. The van der Waals surface area contributed by atoms with E-state index in [-0.39, 0.29) is 5.57 Å². The molecule has 2 aromatic carbocycles. The summed E-state index contributed by atoms with van der Waals surface area (Å²) in [6.07, 6.45) is 5.07. The summed E-state index contributed by atoms with van der Waals surface area (Å²) in [5.41, 5.74) is 1.81. The number of carboxylic acids is 1. The highest BCUT2D eigenvalue weighted by molar-refractivity contribution is 6.20. The Kier molecular flexibility index (Phi) is 6.42. The van der Waals surface area contributed by atoms with Crippen molar-refractivity contribution < 1.29 is 14.6 Å². The molecule has 0 radical (unpaired) electrons. The molecule has 0 aliphatic carbocycles. The molecular weight excluding hydrogens is 288 g/mol. The number of ether oxygens (including phenoxy) is 1. The summed E-state index contributed by atoms with van der Waals surface area (Å²) in [5.74, 6) is -0.120. The minimum atomic E-state index is -0.934. The number of rotatable bonds is 8. The van der Waals surface area contributed by atoms with E-state index in [9.17, 15) is 9.90 Å². The lowest BCUT2D eigenvalue weighted by atomic mass is 10.0. The summed E-state index contributed by atoms with van der Waals surface area (Å²) in [4.78, 5) is 11.5. The zero-order valence-corrected chi connectivity index (χ0v) is 13.4. The topological polar surface area (TPSA) is 46.5 Å². The van der Waals surface area contributed by atoms with Crippen LogP contribution in [-0.2, 0) is 4.79 Å². The SMILES string of the molecule is CCCCCOc1ccc(/C=C(/C(=O)O)c2ccccc2)cc1. The molecule has 120 valence electrons. The van der Waals surface area contributed by atoms with Crippen molar-refractivity contribution in [2.24, 2.45) is 0 Å². The van der Waals surface area contributed by atoms with Crippen molar-refractivity contribution in [1.82, 2.24) is 0 Å². The normalized spacial score (nSPS) is 11.3. The molecule has 0 saturated heterocycles. The fraction of sp³-hybridized carbons (Fsp3) is 0.250. The molecular formula is C20H22O3. The van der Waals surface area contributed by atoms with Gasteiger partial charge >= 0.3 is 5.97 Å². The maximum atomic E-state index is 11.5. The zero-order chi connectivity index (χ0) is 16.5. The number of carboxylic acid groups (broad SMARTS) is 1. The van der Waals surface area contributed by atoms with E-state index in [1.54, 1.807) is 18.2 Å². The molecule has 0 aliphatic heterocycles. The molecule has 0 unspecified atom stereocenters. The van der Waals surface area contributed by atoms with Gasteiger partial charge in [0.15, 0.2) is 0 Å². The fourth-order valence-electron chi connectivity index (χ4n) is 2.26. The van der Waals surface area contributed by atoms with Gasteiger partial charge in [0.05, 0.1) is 12.2 Å². The summed E-state index contributed by atoms with van der Waals surface area (Å²) in [5, 5.41) is 9.42. The van der Waals surface area contributed by atoms with Crippen molar-refractivity contribution in [3.63, 3.8) is 0 Å². The first kappa shape index (κ1) is 16.8. The van der Waals surface area contributed by atoms with Gasteiger partial charge < -0.3 is 9.84 Å². The van der Waals surface area contributed by atoms with Gasteiger partial charge in [0.1, 0.15) is 5.75 Å². The molecule has 0 fully saturated rings. The quantitative estimate of drug-likeness (QED) is 0.429. The van der Waals surface area contributed by atoms with Gasteiger partial charge in [0.2, 0.25) is 0 Å². The summed E-state index contributed by atoms with van der Waals surface area (Å²) in [6.45, 7) is 2.88. The summed E-state index contributed by atoms with van der Waals surface area (Å²) in [6, 6.07) is 16.6. The zero-order valence-electron chi connectivity index (χ0n) is 13.4. The van der Waals surface area contributed by atoms with Crippen molar-refractivity contribution in [1.29, 1.82) is 0 Å². The van der Waals surface area contributed by atoms with Crippen LogP contribution in [0.5, 0.6) is 5.75 Å². The van der Waals surface area contributed by atoms with Gasteiger partial charge in [0.25, 0.3) is 0 Å². The van der Waals surface area contributed by atoms with E-state index in [2.05, 4.69) is 6.92 Å². The minimum absolute atomic E-state index is 0.280. The standard InChI is InChI=1S/C20H22O3/c1-2-3-7-14-23-18-12-10-16(11-13-18)15-19(20(21)22)17-8-5-4-6-9-17/h4-6,8-13,15H,2-3,7,14H2,1H3,(H,21,22)/b19-15+. The molecule has 3 heteroatoms. The molecule has 23 heavy (non-hydrogen) atoms. The largest absolute Gasteiger partial charge is 0.494 e. The summed E-state index contributed by atoms with van der Waals surface area (Å²) in [7, 11) is 0. The lowest BCUT2D eigenvalue weighted by Crippen LogP contribution is -1.99. The van der Waals surface area contributed by atoms with Gasteiger partial charge in [-0.05, 0) is 35.8 Å². The van der Waals surface area contributed by atoms with Crippen molar-refractivity contribution in [2.75, 3.05) is 6.61 Å². The molecule has 3 nitrogen and oxygen atoms in total. The third-order valence-electron chi connectivity index (χ3n) is 3.52.